The van der Waals surface area contributed by atoms with Crippen molar-refractivity contribution >= 4 is 6.29 Å². The molecule has 1 aromatic rings. The second kappa shape index (κ2) is 7.92. The third kappa shape index (κ3) is 5.23. The predicted molar refractivity (Wildman–Crippen MR) is 71.1 cm³/mol. The molecule has 0 heterocycles. The molecule has 0 saturated carbocycles. The molecule has 0 N–H and O–H groups in total. The van der Waals surface area contributed by atoms with Crippen LogP contribution in [-0.2, 0) is 6.18 Å². The Balaban J connectivity index is 2.57. The fourth-order valence-electron chi connectivity index (χ4n) is 1.87. The van der Waals surface area contributed by atoms with Crippen LogP contribution in [0.25, 0.3) is 0 Å². The standard InChI is InChI=1S/C15H19F3O2/c1-2-3-4-5-6-9-20-13-8-7-12(11-19)14(10-13)15(16,17)18/h7-8,10-11H,2-6,9H2,1H3. The molecule has 0 atom stereocenters. The molecule has 1 aromatic carbocycles. The molecular formula is C15H19F3O2. The minimum atomic E-state index is -4.54. The number of aldehydes is 1. The normalized spacial score (nSPS) is 11.4. The molecule has 0 amide bonds. The van der Waals surface area contributed by atoms with Gasteiger partial charge >= 0.3 is 6.18 Å². The molecule has 2 nitrogen and oxygen atoms in total. The van der Waals surface area contributed by atoms with E-state index >= 15 is 0 Å². The van der Waals surface area contributed by atoms with E-state index in [4.69, 9.17) is 4.74 Å². The Morgan fingerprint density at radius 1 is 1.15 bits per heavy atom. The van der Waals surface area contributed by atoms with Crippen LogP contribution >= 0.6 is 0 Å². The molecule has 20 heavy (non-hydrogen) atoms. The fraction of sp³-hybridized carbons (Fsp3) is 0.533. The van der Waals surface area contributed by atoms with Crippen LogP contribution < -0.4 is 4.74 Å². The Morgan fingerprint density at radius 2 is 1.85 bits per heavy atom. The van der Waals surface area contributed by atoms with E-state index in [0.29, 0.717) is 6.61 Å². The lowest BCUT2D eigenvalue weighted by molar-refractivity contribution is -0.137. The zero-order valence-electron chi connectivity index (χ0n) is 11.5. The van der Waals surface area contributed by atoms with Gasteiger partial charge in [0.2, 0.25) is 0 Å². The lowest BCUT2D eigenvalue weighted by Gasteiger charge is -2.12. The third-order valence-corrected chi connectivity index (χ3v) is 2.97. The largest absolute Gasteiger partial charge is 0.494 e. The van der Waals surface area contributed by atoms with Gasteiger partial charge in [-0.1, -0.05) is 32.6 Å². The predicted octanol–water partition coefficient (Wildman–Crippen LogP) is 4.87. The summed E-state index contributed by atoms with van der Waals surface area (Å²) in [7, 11) is 0. The topological polar surface area (TPSA) is 26.3 Å². The van der Waals surface area contributed by atoms with E-state index in [-0.39, 0.29) is 17.6 Å². The Morgan fingerprint density at radius 3 is 2.45 bits per heavy atom. The molecule has 0 radical (unpaired) electrons. The molecule has 0 saturated heterocycles. The van der Waals surface area contributed by atoms with E-state index in [0.717, 1.165) is 44.2 Å². The van der Waals surface area contributed by atoms with Gasteiger partial charge in [0.1, 0.15) is 5.75 Å². The molecule has 112 valence electrons. The highest BCUT2D eigenvalue weighted by molar-refractivity contribution is 5.78. The molecule has 0 fully saturated rings. The summed E-state index contributed by atoms with van der Waals surface area (Å²) >= 11 is 0. The van der Waals surface area contributed by atoms with Gasteiger partial charge in [-0.2, -0.15) is 13.2 Å². The van der Waals surface area contributed by atoms with Gasteiger partial charge in [-0.25, -0.2) is 0 Å². The van der Waals surface area contributed by atoms with Crippen molar-refractivity contribution in [2.75, 3.05) is 6.61 Å². The number of benzene rings is 1. The minimum absolute atomic E-state index is 0.151. The van der Waals surface area contributed by atoms with Gasteiger partial charge < -0.3 is 4.74 Å². The Labute approximate surface area is 116 Å². The Hall–Kier alpha value is -1.52. The summed E-state index contributed by atoms with van der Waals surface area (Å²) in [6.45, 7) is 2.51. The van der Waals surface area contributed by atoms with Crippen molar-refractivity contribution in [3.8, 4) is 5.75 Å². The number of alkyl halides is 3. The number of ether oxygens (including phenoxy) is 1. The first-order valence-electron chi connectivity index (χ1n) is 6.78. The zero-order valence-corrected chi connectivity index (χ0v) is 11.5. The maximum Gasteiger partial charge on any atom is 0.417 e. The second-order valence-corrected chi connectivity index (χ2v) is 4.63. The maximum absolute atomic E-state index is 12.7. The first-order valence-corrected chi connectivity index (χ1v) is 6.78. The van der Waals surface area contributed by atoms with Crippen LogP contribution in [0, 0.1) is 0 Å². The van der Waals surface area contributed by atoms with Crippen molar-refractivity contribution < 1.29 is 22.7 Å². The molecule has 0 bridgehead atoms. The maximum atomic E-state index is 12.7. The summed E-state index contributed by atoms with van der Waals surface area (Å²) in [5.74, 6) is 0.151. The lowest BCUT2D eigenvalue weighted by atomic mass is 10.1. The number of hydrogen-bond donors (Lipinski definition) is 0. The molecule has 0 aromatic heterocycles. The van der Waals surface area contributed by atoms with Gasteiger partial charge in [0.25, 0.3) is 0 Å². The average molecular weight is 288 g/mol. The number of unbranched alkanes of at least 4 members (excludes halogenated alkanes) is 4. The molecular weight excluding hydrogens is 269 g/mol. The number of hydrogen-bond acceptors (Lipinski definition) is 2. The van der Waals surface area contributed by atoms with Gasteiger partial charge in [-0.05, 0) is 24.6 Å². The SMILES string of the molecule is CCCCCCCOc1ccc(C=O)c(C(F)(F)F)c1. The number of carbonyl (C=O) groups is 1. The molecule has 1 rings (SSSR count). The van der Waals surface area contributed by atoms with Crippen LogP contribution in [-0.4, -0.2) is 12.9 Å². The zero-order chi connectivity index (χ0) is 15.0. The molecule has 0 aliphatic heterocycles. The van der Waals surface area contributed by atoms with Crippen molar-refractivity contribution in [3.63, 3.8) is 0 Å². The summed E-state index contributed by atoms with van der Waals surface area (Å²) < 4.78 is 43.5. The lowest BCUT2D eigenvalue weighted by Crippen LogP contribution is -2.09. The Bertz CT molecular complexity index is 428. The quantitative estimate of drug-likeness (QED) is 0.504. The van der Waals surface area contributed by atoms with Gasteiger partial charge in [-0.3, -0.25) is 4.79 Å². The van der Waals surface area contributed by atoms with Crippen LogP contribution in [0.3, 0.4) is 0 Å². The van der Waals surface area contributed by atoms with Crippen molar-refractivity contribution in [1.82, 2.24) is 0 Å². The summed E-state index contributed by atoms with van der Waals surface area (Å²) in [6.07, 6.45) is 0.893. The molecule has 0 aliphatic carbocycles. The first kappa shape index (κ1) is 16.5. The minimum Gasteiger partial charge on any atom is -0.494 e. The van der Waals surface area contributed by atoms with Crippen LogP contribution in [0.1, 0.15) is 54.9 Å². The highest BCUT2D eigenvalue weighted by atomic mass is 19.4. The number of halogens is 3. The second-order valence-electron chi connectivity index (χ2n) is 4.63. The van der Waals surface area contributed by atoms with Gasteiger partial charge in [0.15, 0.2) is 6.29 Å². The third-order valence-electron chi connectivity index (χ3n) is 2.97. The smallest absolute Gasteiger partial charge is 0.417 e. The average Bonchev–Trinajstić information content (AvgIpc) is 2.41. The van der Waals surface area contributed by atoms with Crippen molar-refractivity contribution in [2.45, 2.75) is 45.2 Å². The van der Waals surface area contributed by atoms with E-state index in [1.807, 2.05) is 0 Å². The van der Waals surface area contributed by atoms with Gasteiger partial charge in [0.05, 0.1) is 12.2 Å². The summed E-state index contributed by atoms with van der Waals surface area (Å²) in [5.41, 5.74) is -1.32. The van der Waals surface area contributed by atoms with Gasteiger partial charge in [-0.15, -0.1) is 0 Å². The van der Waals surface area contributed by atoms with Crippen LogP contribution in [0.15, 0.2) is 18.2 Å². The molecule has 0 unspecified atom stereocenters. The van der Waals surface area contributed by atoms with Crippen LogP contribution in [0.5, 0.6) is 5.75 Å². The monoisotopic (exact) mass is 288 g/mol. The van der Waals surface area contributed by atoms with E-state index in [9.17, 15) is 18.0 Å². The van der Waals surface area contributed by atoms with Crippen LogP contribution in [0.2, 0.25) is 0 Å². The molecule has 5 heteroatoms. The molecule has 0 aliphatic rings. The van der Waals surface area contributed by atoms with Crippen molar-refractivity contribution in [3.05, 3.63) is 29.3 Å². The number of carbonyl (C=O) groups excluding carboxylic acids is 1. The van der Waals surface area contributed by atoms with Crippen molar-refractivity contribution in [2.24, 2.45) is 0 Å². The van der Waals surface area contributed by atoms with E-state index in [1.165, 1.54) is 6.07 Å². The number of rotatable bonds is 8. The molecule has 0 spiro atoms. The van der Waals surface area contributed by atoms with E-state index < -0.39 is 11.7 Å². The summed E-state index contributed by atoms with van der Waals surface area (Å²) in [5, 5.41) is 0. The van der Waals surface area contributed by atoms with Crippen molar-refractivity contribution in [1.29, 1.82) is 0 Å². The first-order chi connectivity index (χ1) is 9.49. The van der Waals surface area contributed by atoms with Gasteiger partial charge in [0, 0.05) is 5.56 Å². The summed E-state index contributed by atoms with van der Waals surface area (Å²) in [4.78, 5) is 10.6. The highest BCUT2D eigenvalue weighted by Crippen LogP contribution is 2.33. The fourth-order valence-corrected chi connectivity index (χ4v) is 1.87. The Kier molecular flexibility index (Phi) is 6.55. The van der Waals surface area contributed by atoms with E-state index in [2.05, 4.69) is 6.92 Å². The highest BCUT2D eigenvalue weighted by Gasteiger charge is 2.33. The van der Waals surface area contributed by atoms with E-state index in [1.54, 1.807) is 0 Å². The summed E-state index contributed by atoms with van der Waals surface area (Å²) in [6, 6.07) is 3.42. The van der Waals surface area contributed by atoms with Crippen LogP contribution in [0.4, 0.5) is 13.2 Å².